The maximum absolute atomic E-state index is 13.0. The number of hydrogen-bond acceptors (Lipinski definition) is 2. The van der Waals surface area contributed by atoms with Crippen molar-refractivity contribution in [2.45, 2.75) is 39.4 Å². The first-order valence-electron chi connectivity index (χ1n) is 6.44. The quantitative estimate of drug-likeness (QED) is 0.611. The molecule has 1 rings (SSSR count). The Kier molecular flexibility index (Phi) is 5.33. The van der Waals surface area contributed by atoms with Crippen LogP contribution in [-0.4, -0.2) is 6.29 Å². The smallest absolute Gasteiger partial charge is 0.395 e. The van der Waals surface area contributed by atoms with E-state index in [2.05, 4.69) is 36.5 Å². The summed E-state index contributed by atoms with van der Waals surface area (Å²) in [4.78, 5) is 0. The fourth-order valence-corrected chi connectivity index (χ4v) is 2.07. The van der Waals surface area contributed by atoms with Gasteiger partial charge in [-0.25, -0.2) is 0 Å². The van der Waals surface area contributed by atoms with E-state index in [0.717, 1.165) is 24.8 Å². The van der Waals surface area contributed by atoms with Gasteiger partial charge in [-0.15, -0.1) is 8.78 Å². The van der Waals surface area contributed by atoms with Gasteiger partial charge in [-0.1, -0.05) is 39.5 Å². The third kappa shape index (κ3) is 3.94. The van der Waals surface area contributed by atoms with Gasteiger partial charge in [-0.2, -0.15) is 0 Å². The van der Waals surface area contributed by atoms with Crippen LogP contribution in [0.3, 0.4) is 0 Å². The van der Waals surface area contributed by atoms with Gasteiger partial charge in [0.05, 0.1) is 0 Å². The highest BCUT2D eigenvalue weighted by Crippen LogP contribution is 2.36. The lowest BCUT2D eigenvalue weighted by Gasteiger charge is -2.15. The molecule has 106 valence electrons. The highest BCUT2D eigenvalue weighted by atomic mass is 19.3. The van der Waals surface area contributed by atoms with Gasteiger partial charge < -0.3 is 9.47 Å². The number of alkyl halides is 2. The summed E-state index contributed by atoms with van der Waals surface area (Å²) in [7, 11) is 0. The molecule has 0 saturated carbocycles. The molecule has 1 unspecified atom stereocenters. The predicted octanol–water partition coefficient (Wildman–Crippen LogP) is 4.92. The summed E-state index contributed by atoms with van der Waals surface area (Å²) in [5, 5.41) is 0. The zero-order valence-corrected chi connectivity index (χ0v) is 11.4. The Balaban J connectivity index is 3.02. The Labute approximate surface area is 113 Å². The molecule has 4 heteroatoms. The summed E-state index contributed by atoms with van der Waals surface area (Å²) in [6.07, 6.45) is 3.75. The van der Waals surface area contributed by atoms with E-state index in [1.165, 1.54) is 6.08 Å². The van der Waals surface area contributed by atoms with Crippen molar-refractivity contribution < 1.29 is 18.3 Å². The van der Waals surface area contributed by atoms with Crippen molar-refractivity contribution >= 4 is 0 Å². The average molecular weight is 270 g/mol. The van der Waals surface area contributed by atoms with E-state index < -0.39 is 6.29 Å². The third-order valence-electron chi connectivity index (χ3n) is 3.02. The minimum Gasteiger partial charge on any atom is -0.395 e. The van der Waals surface area contributed by atoms with Gasteiger partial charge in [0, 0.05) is 0 Å². The van der Waals surface area contributed by atoms with Crippen LogP contribution in [0.15, 0.2) is 48.5 Å². The molecule has 0 N–H and O–H groups in total. The lowest BCUT2D eigenvalue weighted by atomic mass is 9.91. The van der Waals surface area contributed by atoms with Gasteiger partial charge in [0.15, 0.2) is 11.5 Å². The molecule has 0 amide bonds. The molecule has 0 radical (unpaired) electrons. The van der Waals surface area contributed by atoms with Crippen LogP contribution in [0.2, 0.25) is 0 Å². The Morgan fingerprint density at radius 1 is 1.26 bits per heavy atom. The second-order valence-corrected chi connectivity index (χ2v) is 4.34. The predicted molar refractivity (Wildman–Crippen MR) is 71.3 cm³/mol. The zero-order chi connectivity index (χ0) is 14.5. The highest BCUT2D eigenvalue weighted by Gasteiger charge is 2.43. The van der Waals surface area contributed by atoms with E-state index >= 15 is 0 Å². The molecule has 1 aliphatic heterocycles. The van der Waals surface area contributed by atoms with Gasteiger partial charge in [0.1, 0.15) is 0 Å². The summed E-state index contributed by atoms with van der Waals surface area (Å²) in [6.45, 7) is 11.3. The molecular formula is C15H20F2O2. The minimum absolute atomic E-state index is 0.00412. The van der Waals surface area contributed by atoms with Crippen LogP contribution in [0.4, 0.5) is 8.78 Å². The van der Waals surface area contributed by atoms with E-state index in [-0.39, 0.29) is 17.4 Å². The molecule has 0 fully saturated rings. The van der Waals surface area contributed by atoms with E-state index in [4.69, 9.17) is 0 Å². The monoisotopic (exact) mass is 270 g/mol. The van der Waals surface area contributed by atoms with Crippen LogP contribution in [0.5, 0.6) is 0 Å². The zero-order valence-electron chi connectivity index (χ0n) is 11.4. The first kappa shape index (κ1) is 15.5. The van der Waals surface area contributed by atoms with E-state index in [9.17, 15) is 8.78 Å². The normalized spacial score (nSPS) is 19.7. The van der Waals surface area contributed by atoms with Crippen molar-refractivity contribution in [1.82, 2.24) is 0 Å². The van der Waals surface area contributed by atoms with Crippen LogP contribution < -0.4 is 0 Å². The van der Waals surface area contributed by atoms with Crippen molar-refractivity contribution in [2.75, 3.05) is 0 Å². The summed E-state index contributed by atoms with van der Waals surface area (Å²) < 4.78 is 34.9. The molecule has 0 aromatic carbocycles. The van der Waals surface area contributed by atoms with Crippen molar-refractivity contribution in [3.63, 3.8) is 0 Å². The summed E-state index contributed by atoms with van der Waals surface area (Å²) in [6, 6.07) is 0. The maximum atomic E-state index is 13.0. The van der Waals surface area contributed by atoms with Crippen LogP contribution in [-0.2, 0) is 9.47 Å². The van der Waals surface area contributed by atoms with Crippen molar-refractivity contribution in [1.29, 1.82) is 0 Å². The molecule has 0 aromatic rings. The second kappa shape index (κ2) is 6.55. The molecule has 1 atom stereocenters. The second-order valence-electron chi connectivity index (χ2n) is 4.34. The van der Waals surface area contributed by atoms with Crippen molar-refractivity contribution in [3.05, 3.63) is 48.5 Å². The van der Waals surface area contributed by atoms with Gasteiger partial charge >= 0.3 is 6.29 Å². The number of ether oxygens (including phenoxy) is 2. The molecular weight excluding hydrogens is 250 g/mol. The number of hydrogen-bond donors (Lipinski definition) is 0. The molecule has 0 aromatic heterocycles. The van der Waals surface area contributed by atoms with Crippen LogP contribution in [0.25, 0.3) is 0 Å². The van der Waals surface area contributed by atoms with Crippen molar-refractivity contribution in [3.8, 4) is 0 Å². The standard InChI is InChI=1S/C15H20F2O2/c1-5-9-11(6-2)12(7-3)10-14-13(8-4)18-15(16,17)19-14/h7-8,10-11H,3-6,9H2,1-2H3/b12-10+. The number of rotatable bonds is 7. The SMILES string of the molecule is C=CC1=C(/C=C(\C=C)C(CC)CCC)OC(F)(F)O1. The molecule has 19 heavy (non-hydrogen) atoms. The lowest BCUT2D eigenvalue weighted by molar-refractivity contribution is -0.335. The molecule has 0 saturated heterocycles. The van der Waals surface area contributed by atoms with Crippen molar-refractivity contribution in [2.24, 2.45) is 5.92 Å². The van der Waals surface area contributed by atoms with Gasteiger partial charge in [-0.3, -0.25) is 0 Å². The summed E-state index contributed by atoms with van der Waals surface area (Å²) in [5.74, 6) is 0.235. The fourth-order valence-electron chi connectivity index (χ4n) is 2.07. The first-order chi connectivity index (χ1) is 8.97. The Bertz CT molecular complexity index is 408. The summed E-state index contributed by atoms with van der Waals surface area (Å²) in [5.41, 5.74) is 0.875. The van der Waals surface area contributed by atoms with E-state index in [1.54, 1.807) is 12.2 Å². The van der Waals surface area contributed by atoms with Crippen LogP contribution in [0.1, 0.15) is 33.1 Å². The van der Waals surface area contributed by atoms with Gasteiger partial charge in [-0.05, 0) is 36.5 Å². The van der Waals surface area contributed by atoms with E-state index in [1.807, 2.05) is 0 Å². The fraction of sp³-hybridized carbons (Fsp3) is 0.467. The van der Waals surface area contributed by atoms with Gasteiger partial charge in [0.25, 0.3) is 0 Å². The third-order valence-corrected chi connectivity index (χ3v) is 3.02. The molecule has 0 aliphatic carbocycles. The van der Waals surface area contributed by atoms with E-state index in [0.29, 0.717) is 0 Å². The Morgan fingerprint density at radius 2 is 1.89 bits per heavy atom. The summed E-state index contributed by atoms with van der Waals surface area (Å²) >= 11 is 0. The number of allylic oxidation sites excluding steroid dienone is 4. The molecule has 1 heterocycles. The van der Waals surface area contributed by atoms with Crippen LogP contribution >= 0.6 is 0 Å². The topological polar surface area (TPSA) is 18.5 Å². The lowest BCUT2D eigenvalue weighted by Crippen LogP contribution is -2.16. The largest absolute Gasteiger partial charge is 0.586 e. The Hall–Kier alpha value is -1.58. The molecule has 1 aliphatic rings. The Morgan fingerprint density at radius 3 is 2.37 bits per heavy atom. The van der Waals surface area contributed by atoms with Crippen LogP contribution in [0, 0.1) is 5.92 Å². The molecule has 0 spiro atoms. The molecule has 2 nitrogen and oxygen atoms in total. The average Bonchev–Trinajstić information content (AvgIpc) is 2.67. The van der Waals surface area contributed by atoms with Gasteiger partial charge in [0.2, 0.25) is 0 Å². The minimum atomic E-state index is -3.62. The maximum Gasteiger partial charge on any atom is 0.586 e. The molecule has 0 bridgehead atoms. The highest BCUT2D eigenvalue weighted by molar-refractivity contribution is 5.33. The number of halogens is 2. The first-order valence-corrected chi connectivity index (χ1v) is 6.44.